The molecule has 1 aliphatic heterocycles. The van der Waals surface area contributed by atoms with Crippen molar-refractivity contribution in [3.05, 3.63) is 0 Å². The molecule has 5 heteroatoms. The summed E-state index contributed by atoms with van der Waals surface area (Å²) in [6, 6.07) is 0. The first-order chi connectivity index (χ1) is 6.16. The van der Waals surface area contributed by atoms with Crippen LogP contribution in [-0.4, -0.2) is 48.6 Å². The molecule has 1 fully saturated rings. The number of nitrogens with zero attached hydrogens (tertiary/aromatic N) is 1. The molecule has 0 bridgehead atoms. The second-order valence-corrected chi connectivity index (χ2v) is 3.11. The Morgan fingerprint density at radius 3 is 2.92 bits per heavy atom. The predicted octanol–water partition coefficient (Wildman–Crippen LogP) is -0.861. The maximum Gasteiger partial charge on any atom is 0.316 e. The Hall–Kier alpha value is -1.10. The van der Waals surface area contributed by atoms with E-state index in [0.717, 1.165) is 0 Å². The molecule has 1 saturated heterocycles. The van der Waals surface area contributed by atoms with Crippen LogP contribution in [0.25, 0.3) is 0 Å². The number of hydrogen-bond acceptors (Lipinski definition) is 3. The van der Waals surface area contributed by atoms with Crippen LogP contribution >= 0.6 is 0 Å². The molecule has 1 unspecified atom stereocenters. The lowest BCUT2D eigenvalue weighted by molar-refractivity contribution is -0.147. The highest BCUT2D eigenvalue weighted by atomic mass is 16.4. The second kappa shape index (κ2) is 4.23. The van der Waals surface area contributed by atoms with Crippen LogP contribution in [0.4, 0.5) is 0 Å². The molecule has 0 aromatic heterocycles. The molecule has 1 aliphatic rings. The number of amides is 1. The minimum atomic E-state index is -1.00. The molecule has 0 spiro atoms. The van der Waals surface area contributed by atoms with Crippen LogP contribution < -0.4 is 5.32 Å². The molecular weight excluding hydrogens is 172 g/mol. The predicted molar refractivity (Wildman–Crippen MR) is 46.2 cm³/mol. The SMILES string of the molecule is CNCCN1CCC(C(=O)O)C1=O. The summed E-state index contributed by atoms with van der Waals surface area (Å²) in [7, 11) is 1.80. The van der Waals surface area contributed by atoms with Gasteiger partial charge in [-0.25, -0.2) is 0 Å². The zero-order valence-corrected chi connectivity index (χ0v) is 7.62. The van der Waals surface area contributed by atoms with Gasteiger partial charge in [0.15, 0.2) is 0 Å². The van der Waals surface area contributed by atoms with Crippen molar-refractivity contribution >= 4 is 11.9 Å². The van der Waals surface area contributed by atoms with Crippen LogP contribution in [0, 0.1) is 5.92 Å². The number of carboxylic acid groups (broad SMARTS) is 1. The molecule has 1 atom stereocenters. The first-order valence-electron chi connectivity index (χ1n) is 4.33. The van der Waals surface area contributed by atoms with Crippen molar-refractivity contribution in [1.29, 1.82) is 0 Å². The number of carbonyl (C=O) groups excluding carboxylic acids is 1. The Kier molecular flexibility index (Phi) is 3.25. The van der Waals surface area contributed by atoms with Crippen LogP contribution in [0.1, 0.15) is 6.42 Å². The van der Waals surface area contributed by atoms with Crippen molar-refractivity contribution in [2.75, 3.05) is 26.7 Å². The summed E-state index contributed by atoms with van der Waals surface area (Å²) in [6.45, 7) is 1.87. The van der Waals surface area contributed by atoms with Crippen LogP contribution in [-0.2, 0) is 9.59 Å². The van der Waals surface area contributed by atoms with Gasteiger partial charge >= 0.3 is 5.97 Å². The van der Waals surface area contributed by atoms with E-state index < -0.39 is 11.9 Å². The molecule has 1 amide bonds. The van der Waals surface area contributed by atoms with Gasteiger partial charge in [-0.1, -0.05) is 0 Å². The Morgan fingerprint density at radius 1 is 1.77 bits per heavy atom. The average Bonchev–Trinajstić information content (AvgIpc) is 2.43. The van der Waals surface area contributed by atoms with Crippen molar-refractivity contribution in [3.8, 4) is 0 Å². The van der Waals surface area contributed by atoms with Gasteiger partial charge in [-0.15, -0.1) is 0 Å². The third kappa shape index (κ3) is 2.18. The number of hydrogen-bond donors (Lipinski definition) is 2. The van der Waals surface area contributed by atoms with Crippen molar-refractivity contribution in [2.45, 2.75) is 6.42 Å². The maximum atomic E-state index is 11.4. The quantitative estimate of drug-likeness (QED) is 0.560. The zero-order chi connectivity index (χ0) is 9.84. The van der Waals surface area contributed by atoms with E-state index in [0.29, 0.717) is 26.1 Å². The number of carbonyl (C=O) groups is 2. The number of rotatable bonds is 4. The highest BCUT2D eigenvalue weighted by Gasteiger charge is 2.36. The maximum absolute atomic E-state index is 11.4. The lowest BCUT2D eigenvalue weighted by atomic mass is 10.1. The number of aliphatic carboxylic acids is 1. The minimum Gasteiger partial charge on any atom is -0.481 e. The van der Waals surface area contributed by atoms with Gasteiger partial charge in [0.2, 0.25) is 5.91 Å². The summed E-state index contributed by atoms with van der Waals surface area (Å²) in [5.74, 6) is -2.06. The zero-order valence-electron chi connectivity index (χ0n) is 7.62. The number of nitrogens with one attached hydrogen (secondary N) is 1. The largest absolute Gasteiger partial charge is 0.481 e. The fourth-order valence-corrected chi connectivity index (χ4v) is 1.44. The molecule has 0 aliphatic carbocycles. The normalized spacial score (nSPS) is 22.4. The van der Waals surface area contributed by atoms with Crippen molar-refractivity contribution in [3.63, 3.8) is 0 Å². The summed E-state index contributed by atoms with van der Waals surface area (Å²) in [4.78, 5) is 23.5. The van der Waals surface area contributed by atoms with E-state index in [1.54, 1.807) is 11.9 Å². The molecule has 0 aromatic carbocycles. The fraction of sp³-hybridized carbons (Fsp3) is 0.750. The topological polar surface area (TPSA) is 69.6 Å². The van der Waals surface area contributed by atoms with Crippen LogP contribution in [0.15, 0.2) is 0 Å². The minimum absolute atomic E-state index is 0.247. The number of carboxylic acids is 1. The first kappa shape index (κ1) is 9.98. The van der Waals surface area contributed by atoms with Crippen molar-refractivity contribution in [2.24, 2.45) is 5.92 Å². The summed E-state index contributed by atoms with van der Waals surface area (Å²) >= 11 is 0. The molecule has 1 heterocycles. The van der Waals surface area contributed by atoms with Crippen molar-refractivity contribution in [1.82, 2.24) is 10.2 Å². The van der Waals surface area contributed by atoms with Gasteiger partial charge in [-0.05, 0) is 13.5 Å². The van der Waals surface area contributed by atoms with E-state index in [-0.39, 0.29) is 5.91 Å². The Bertz CT molecular complexity index is 217. The fourth-order valence-electron chi connectivity index (χ4n) is 1.44. The molecule has 0 radical (unpaired) electrons. The standard InChI is InChI=1S/C8H14N2O3/c1-9-3-5-10-4-2-6(7(10)11)8(12)13/h6,9H,2-5H2,1H3,(H,12,13). The number of likely N-dealkylation sites (N-methyl/N-ethyl adjacent to an activating group) is 1. The molecular formula is C8H14N2O3. The molecule has 13 heavy (non-hydrogen) atoms. The van der Waals surface area contributed by atoms with E-state index in [1.165, 1.54) is 0 Å². The highest BCUT2D eigenvalue weighted by Crippen LogP contribution is 2.17. The summed E-state index contributed by atoms with van der Waals surface area (Å²) in [5, 5.41) is 11.6. The molecule has 2 N–H and O–H groups in total. The smallest absolute Gasteiger partial charge is 0.316 e. The molecule has 74 valence electrons. The third-order valence-corrected chi connectivity index (χ3v) is 2.23. The lowest BCUT2D eigenvalue weighted by Crippen LogP contribution is -2.34. The van der Waals surface area contributed by atoms with Gasteiger partial charge in [-0.3, -0.25) is 9.59 Å². The van der Waals surface area contributed by atoms with Gasteiger partial charge in [0.25, 0.3) is 0 Å². The molecule has 0 aromatic rings. The van der Waals surface area contributed by atoms with Gasteiger partial charge in [0.1, 0.15) is 5.92 Å². The van der Waals surface area contributed by atoms with Crippen LogP contribution in [0.3, 0.4) is 0 Å². The van der Waals surface area contributed by atoms with Crippen LogP contribution in [0.5, 0.6) is 0 Å². The van der Waals surface area contributed by atoms with E-state index >= 15 is 0 Å². The van der Waals surface area contributed by atoms with E-state index in [2.05, 4.69) is 5.32 Å². The van der Waals surface area contributed by atoms with E-state index in [1.807, 2.05) is 0 Å². The molecule has 1 rings (SSSR count). The highest BCUT2D eigenvalue weighted by molar-refractivity contribution is 5.98. The summed E-state index contributed by atoms with van der Waals surface area (Å²) < 4.78 is 0. The average molecular weight is 186 g/mol. The van der Waals surface area contributed by atoms with Gasteiger partial charge in [-0.2, -0.15) is 0 Å². The van der Waals surface area contributed by atoms with E-state index in [4.69, 9.17) is 5.11 Å². The Labute approximate surface area is 76.7 Å². The van der Waals surface area contributed by atoms with Gasteiger partial charge in [0.05, 0.1) is 0 Å². The lowest BCUT2D eigenvalue weighted by Gasteiger charge is -2.14. The Morgan fingerprint density at radius 2 is 2.46 bits per heavy atom. The van der Waals surface area contributed by atoms with Crippen LogP contribution in [0.2, 0.25) is 0 Å². The molecule has 0 saturated carbocycles. The summed E-state index contributed by atoms with van der Waals surface area (Å²) in [6.07, 6.45) is 0.442. The van der Waals surface area contributed by atoms with Gasteiger partial charge in [0, 0.05) is 19.6 Å². The number of likely N-dealkylation sites (tertiary alicyclic amines) is 1. The van der Waals surface area contributed by atoms with Crippen molar-refractivity contribution < 1.29 is 14.7 Å². The second-order valence-electron chi connectivity index (χ2n) is 3.11. The summed E-state index contributed by atoms with van der Waals surface area (Å²) in [5.41, 5.74) is 0. The molecule has 5 nitrogen and oxygen atoms in total. The first-order valence-corrected chi connectivity index (χ1v) is 4.33. The third-order valence-electron chi connectivity index (χ3n) is 2.23. The van der Waals surface area contributed by atoms with E-state index in [9.17, 15) is 9.59 Å². The van der Waals surface area contributed by atoms with Gasteiger partial charge < -0.3 is 15.3 Å². The Balaban J connectivity index is 2.45. The monoisotopic (exact) mass is 186 g/mol.